The van der Waals surface area contributed by atoms with Crippen LogP contribution in [-0.4, -0.2) is 24.0 Å². The third-order valence-electron chi connectivity index (χ3n) is 5.71. The summed E-state index contributed by atoms with van der Waals surface area (Å²) in [6.07, 6.45) is 3.14. The van der Waals surface area contributed by atoms with Crippen molar-refractivity contribution in [2.75, 3.05) is 18.0 Å². The third kappa shape index (κ3) is 4.10. The Morgan fingerprint density at radius 3 is 2.77 bits per heavy atom. The average Bonchev–Trinajstić information content (AvgIpc) is 2.77. The van der Waals surface area contributed by atoms with Crippen LogP contribution < -0.4 is 10.2 Å². The van der Waals surface area contributed by atoms with E-state index >= 15 is 0 Å². The molecule has 1 aromatic heterocycles. The number of piperidine rings is 1. The Balaban J connectivity index is 1.46. The molecule has 0 spiro atoms. The Hall–Kier alpha value is -3.10. The summed E-state index contributed by atoms with van der Waals surface area (Å²) in [6.45, 7) is 3.93. The smallest absolute Gasteiger partial charge is 0.223 e. The van der Waals surface area contributed by atoms with Gasteiger partial charge >= 0.3 is 0 Å². The van der Waals surface area contributed by atoms with E-state index in [1.165, 1.54) is 0 Å². The van der Waals surface area contributed by atoms with Crippen molar-refractivity contribution < 1.29 is 4.79 Å². The minimum Gasteiger partial charge on any atom is -0.370 e. The van der Waals surface area contributed by atoms with Crippen LogP contribution in [0.5, 0.6) is 0 Å². The van der Waals surface area contributed by atoms with Crippen LogP contribution in [0.2, 0.25) is 5.02 Å². The minimum atomic E-state index is -0.0379. The molecule has 152 valence electrons. The molecule has 1 fully saturated rings. The summed E-state index contributed by atoms with van der Waals surface area (Å²) >= 11 is 6.18. The summed E-state index contributed by atoms with van der Waals surface area (Å²) < 4.78 is 0. The predicted octanol–water partition coefficient (Wildman–Crippen LogP) is 4.60. The molecule has 30 heavy (non-hydrogen) atoms. The van der Waals surface area contributed by atoms with Gasteiger partial charge in [-0.3, -0.25) is 9.78 Å². The number of nitrogens with one attached hydrogen (secondary N) is 1. The largest absolute Gasteiger partial charge is 0.370 e. The van der Waals surface area contributed by atoms with Crippen molar-refractivity contribution in [1.82, 2.24) is 10.3 Å². The zero-order chi connectivity index (χ0) is 21.1. The van der Waals surface area contributed by atoms with Gasteiger partial charge in [0, 0.05) is 42.2 Å². The molecule has 2 heterocycles. The van der Waals surface area contributed by atoms with E-state index in [-0.39, 0.29) is 11.8 Å². The van der Waals surface area contributed by atoms with E-state index in [0.717, 1.165) is 53.6 Å². The molecule has 3 aromatic rings. The Morgan fingerprint density at radius 1 is 1.27 bits per heavy atom. The normalized spacial score (nSPS) is 14.5. The van der Waals surface area contributed by atoms with Gasteiger partial charge in [0.15, 0.2) is 0 Å². The van der Waals surface area contributed by atoms with Crippen molar-refractivity contribution in [3.05, 3.63) is 70.4 Å². The fourth-order valence-electron chi connectivity index (χ4n) is 4.05. The van der Waals surface area contributed by atoms with Crippen LogP contribution in [0.15, 0.2) is 48.7 Å². The van der Waals surface area contributed by atoms with Crippen molar-refractivity contribution in [2.24, 2.45) is 5.92 Å². The molecule has 1 amide bonds. The first-order valence-corrected chi connectivity index (χ1v) is 10.5. The number of halogens is 1. The summed E-state index contributed by atoms with van der Waals surface area (Å²) in [5, 5.41) is 14.3. The van der Waals surface area contributed by atoms with Gasteiger partial charge in [-0.1, -0.05) is 41.4 Å². The molecule has 1 N–H and O–H groups in total. The van der Waals surface area contributed by atoms with Gasteiger partial charge in [0.05, 0.1) is 16.8 Å². The van der Waals surface area contributed by atoms with Crippen molar-refractivity contribution in [3.8, 4) is 6.07 Å². The van der Waals surface area contributed by atoms with Gasteiger partial charge in [0.25, 0.3) is 0 Å². The molecule has 0 unspecified atom stereocenters. The lowest BCUT2D eigenvalue weighted by atomic mass is 9.94. The second kappa shape index (κ2) is 8.73. The van der Waals surface area contributed by atoms with Gasteiger partial charge < -0.3 is 10.2 Å². The lowest BCUT2D eigenvalue weighted by Gasteiger charge is -2.34. The number of nitrogens with zero attached hydrogens (tertiary/aromatic N) is 3. The first kappa shape index (κ1) is 20.2. The maximum absolute atomic E-state index is 12.7. The fourth-order valence-corrected chi connectivity index (χ4v) is 4.25. The van der Waals surface area contributed by atoms with Crippen molar-refractivity contribution in [2.45, 2.75) is 26.3 Å². The number of hydrogen-bond acceptors (Lipinski definition) is 4. The van der Waals surface area contributed by atoms with Crippen LogP contribution in [0.3, 0.4) is 0 Å². The highest BCUT2D eigenvalue weighted by Gasteiger charge is 2.27. The monoisotopic (exact) mass is 418 g/mol. The predicted molar refractivity (Wildman–Crippen MR) is 119 cm³/mol. The van der Waals surface area contributed by atoms with E-state index in [9.17, 15) is 10.1 Å². The van der Waals surface area contributed by atoms with E-state index in [4.69, 9.17) is 11.6 Å². The number of nitriles is 1. The van der Waals surface area contributed by atoms with Crippen LogP contribution in [-0.2, 0) is 11.3 Å². The molecule has 0 bridgehead atoms. The number of rotatable bonds is 4. The van der Waals surface area contributed by atoms with E-state index in [2.05, 4.69) is 27.3 Å². The molecule has 4 rings (SSSR count). The standard InChI is InChI=1S/C24H23ClN4O/c1-16-6-7-22-20(12-16)23(19(13-26)15-27-22)29-10-8-17(9-11-29)24(30)28-14-18-4-2-3-5-21(18)25/h2-7,12,15,17H,8-11,14H2,1H3,(H,28,30). The lowest BCUT2D eigenvalue weighted by molar-refractivity contribution is -0.125. The van der Waals surface area contributed by atoms with E-state index < -0.39 is 0 Å². The molecular formula is C24H23ClN4O. The van der Waals surface area contributed by atoms with Crippen LogP contribution in [0.25, 0.3) is 10.9 Å². The Bertz CT molecular complexity index is 1130. The topological polar surface area (TPSA) is 69.0 Å². The summed E-state index contributed by atoms with van der Waals surface area (Å²) in [5.41, 5.74) is 4.45. The molecule has 0 saturated carbocycles. The summed E-state index contributed by atoms with van der Waals surface area (Å²) in [4.78, 5) is 19.3. The zero-order valence-electron chi connectivity index (χ0n) is 16.9. The highest BCUT2D eigenvalue weighted by atomic mass is 35.5. The zero-order valence-corrected chi connectivity index (χ0v) is 17.6. The number of benzene rings is 2. The van der Waals surface area contributed by atoms with Gasteiger partial charge in [0.1, 0.15) is 6.07 Å². The second-order valence-corrected chi connectivity index (χ2v) is 8.13. The number of aromatic nitrogens is 1. The van der Waals surface area contributed by atoms with E-state index in [0.29, 0.717) is 17.1 Å². The Kier molecular flexibility index (Phi) is 5.87. The highest BCUT2D eigenvalue weighted by Crippen LogP contribution is 2.33. The molecular weight excluding hydrogens is 396 g/mol. The molecule has 0 aliphatic carbocycles. The first-order chi connectivity index (χ1) is 14.6. The first-order valence-electron chi connectivity index (χ1n) is 10.1. The Labute approximate surface area is 181 Å². The van der Waals surface area contributed by atoms with Crippen LogP contribution in [0.4, 0.5) is 5.69 Å². The molecule has 1 aliphatic heterocycles. The quantitative estimate of drug-likeness (QED) is 0.672. The summed E-state index contributed by atoms with van der Waals surface area (Å²) in [6, 6.07) is 15.9. The molecule has 1 saturated heterocycles. The number of amides is 1. The maximum Gasteiger partial charge on any atom is 0.223 e. The maximum atomic E-state index is 12.7. The van der Waals surface area contributed by atoms with Crippen LogP contribution >= 0.6 is 11.6 Å². The number of carbonyl (C=O) groups excluding carboxylic acids is 1. The number of fused-ring (bicyclic) bond motifs is 1. The number of pyridine rings is 1. The second-order valence-electron chi connectivity index (χ2n) is 7.72. The van der Waals surface area contributed by atoms with Crippen molar-refractivity contribution >= 4 is 34.1 Å². The number of carbonyl (C=O) groups is 1. The Morgan fingerprint density at radius 2 is 2.03 bits per heavy atom. The molecule has 5 nitrogen and oxygen atoms in total. The highest BCUT2D eigenvalue weighted by molar-refractivity contribution is 6.31. The average molecular weight is 419 g/mol. The number of aryl methyl sites for hydroxylation is 1. The lowest BCUT2D eigenvalue weighted by Crippen LogP contribution is -2.40. The fraction of sp³-hybridized carbons (Fsp3) is 0.292. The minimum absolute atomic E-state index is 0.0379. The number of hydrogen-bond donors (Lipinski definition) is 1. The summed E-state index contributed by atoms with van der Waals surface area (Å²) in [7, 11) is 0. The van der Waals surface area contributed by atoms with Crippen molar-refractivity contribution in [1.29, 1.82) is 5.26 Å². The van der Waals surface area contributed by atoms with Gasteiger partial charge in [-0.15, -0.1) is 0 Å². The molecule has 0 radical (unpaired) electrons. The number of anilines is 1. The molecule has 0 atom stereocenters. The van der Waals surface area contributed by atoms with Crippen LogP contribution in [0, 0.1) is 24.2 Å². The van der Waals surface area contributed by atoms with Gasteiger partial charge in [-0.25, -0.2) is 0 Å². The van der Waals surface area contributed by atoms with Crippen molar-refractivity contribution in [3.63, 3.8) is 0 Å². The summed E-state index contributed by atoms with van der Waals surface area (Å²) in [5.74, 6) is 0.0228. The molecule has 1 aliphatic rings. The van der Waals surface area contributed by atoms with E-state index in [1.807, 2.05) is 43.3 Å². The third-order valence-corrected chi connectivity index (χ3v) is 6.08. The van der Waals surface area contributed by atoms with Crippen LogP contribution in [0.1, 0.15) is 29.5 Å². The van der Waals surface area contributed by atoms with Gasteiger partial charge in [-0.05, 0) is 43.5 Å². The van der Waals surface area contributed by atoms with Gasteiger partial charge in [0.2, 0.25) is 5.91 Å². The molecule has 2 aromatic carbocycles. The SMILES string of the molecule is Cc1ccc2ncc(C#N)c(N3CCC(C(=O)NCc4ccccc4Cl)CC3)c2c1. The molecule has 6 heteroatoms. The van der Waals surface area contributed by atoms with Gasteiger partial charge in [-0.2, -0.15) is 5.26 Å². The van der Waals surface area contributed by atoms with E-state index in [1.54, 1.807) is 6.20 Å².